The predicted molar refractivity (Wildman–Crippen MR) is 82.1 cm³/mol. The van der Waals surface area contributed by atoms with Crippen LogP contribution in [-0.2, 0) is 10.2 Å². The van der Waals surface area contributed by atoms with E-state index < -0.39 is 0 Å². The Kier molecular flexibility index (Phi) is 4.93. The number of likely N-dealkylation sites (N-methyl/N-ethyl adjacent to an activating group) is 1. The van der Waals surface area contributed by atoms with Gasteiger partial charge in [0.1, 0.15) is 0 Å². The summed E-state index contributed by atoms with van der Waals surface area (Å²) in [6.07, 6.45) is 3.50. The van der Waals surface area contributed by atoms with E-state index in [9.17, 15) is 4.79 Å². The van der Waals surface area contributed by atoms with Crippen LogP contribution in [0.5, 0.6) is 0 Å². The quantitative estimate of drug-likeness (QED) is 0.755. The van der Waals surface area contributed by atoms with Gasteiger partial charge in [-0.2, -0.15) is 0 Å². The molecule has 0 aliphatic rings. The number of nitrogens with zero attached hydrogens (tertiary/aromatic N) is 1. The van der Waals surface area contributed by atoms with Gasteiger partial charge in [0.15, 0.2) is 0 Å². The van der Waals surface area contributed by atoms with Gasteiger partial charge < -0.3 is 4.90 Å². The molecule has 1 aromatic carbocycles. The van der Waals surface area contributed by atoms with Crippen molar-refractivity contribution in [2.75, 3.05) is 7.05 Å². The standard InChI is InChI=1S/C17H25NO/c1-13(2)18(6)16(19)12-9-14-7-10-15(11-8-14)17(3,4)5/h7-13H,1-6H3/b12-9+. The minimum atomic E-state index is 0.0369. The molecule has 0 saturated heterocycles. The number of rotatable bonds is 3. The molecule has 1 amide bonds. The first-order chi connectivity index (χ1) is 8.71. The summed E-state index contributed by atoms with van der Waals surface area (Å²) in [7, 11) is 1.82. The smallest absolute Gasteiger partial charge is 0.246 e. The summed E-state index contributed by atoms with van der Waals surface area (Å²) >= 11 is 0. The molecule has 2 heteroatoms. The van der Waals surface area contributed by atoms with Gasteiger partial charge in [-0.15, -0.1) is 0 Å². The molecule has 0 aliphatic heterocycles. The van der Waals surface area contributed by atoms with Crippen molar-refractivity contribution in [3.05, 3.63) is 41.5 Å². The molecule has 0 N–H and O–H groups in total. The van der Waals surface area contributed by atoms with Crippen LogP contribution in [0.15, 0.2) is 30.3 Å². The minimum absolute atomic E-state index is 0.0369. The van der Waals surface area contributed by atoms with Crippen molar-refractivity contribution in [3.8, 4) is 0 Å². The molecule has 0 atom stereocenters. The first-order valence-corrected chi connectivity index (χ1v) is 6.77. The van der Waals surface area contributed by atoms with Crippen molar-refractivity contribution in [1.29, 1.82) is 0 Å². The van der Waals surface area contributed by atoms with E-state index in [0.717, 1.165) is 5.56 Å². The van der Waals surface area contributed by atoms with E-state index in [1.807, 2.05) is 27.0 Å². The van der Waals surface area contributed by atoms with Crippen LogP contribution in [0.2, 0.25) is 0 Å². The lowest BCUT2D eigenvalue weighted by Crippen LogP contribution is -2.31. The SMILES string of the molecule is CC(C)N(C)C(=O)/C=C/c1ccc(C(C)(C)C)cc1. The van der Waals surface area contributed by atoms with Crippen LogP contribution in [0.3, 0.4) is 0 Å². The second kappa shape index (κ2) is 6.05. The van der Waals surface area contributed by atoms with E-state index in [0.29, 0.717) is 0 Å². The largest absolute Gasteiger partial charge is 0.340 e. The molecule has 1 aromatic rings. The number of carbonyl (C=O) groups excluding carboxylic acids is 1. The fourth-order valence-corrected chi connectivity index (χ4v) is 1.63. The molecule has 0 aromatic heterocycles. The summed E-state index contributed by atoms with van der Waals surface area (Å²) in [5, 5.41) is 0. The number of amides is 1. The Bertz CT molecular complexity index is 449. The molecule has 0 aliphatic carbocycles. The molecule has 19 heavy (non-hydrogen) atoms. The Morgan fingerprint density at radius 2 is 1.68 bits per heavy atom. The molecule has 0 fully saturated rings. The third kappa shape index (κ3) is 4.55. The van der Waals surface area contributed by atoms with Crippen molar-refractivity contribution < 1.29 is 4.79 Å². The third-order valence-corrected chi connectivity index (χ3v) is 3.32. The van der Waals surface area contributed by atoms with Crippen LogP contribution in [0.25, 0.3) is 6.08 Å². The second-order valence-electron chi connectivity index (χ2n) is 6.25. The van der Waals surface area contributed by atoms with Crippen LogP contribution in [0, 0.1) is 0 Å². The summed E-state index contributed by atoms with van der Waals surface area (Å²) in [4.78, 5) is 13.5. The molecule has 0 saturated carbocycles. The van der Waals surface area contributed by atoms with Crippen molar-refractivity contribution in [1.82, 2.24) is 4.90 Å². The zero-order chi connectivity index (χ0) is 14.6. The molecule has 0 spiro atoms. The van der Waals surface area contributed by atoms with Crippen LogP contribution >= 0.6 is 0 Å². The van der Waals surface area contributed by atoms with Gasteiger partial charge in [-0.1, -0.05) is 45.0 Å². The van der Waals surface area contributed by atoms with Crippen LogP contribution in [-0.4, -0.2) is 23.9 Å². The molecule has 104 valence electrons. The topological polar surface area (TPSA) is 20.3 Å². The lowest BCUT2D eigenvalue weighted by atomic mass is 9.87. The fourth-order valence-electron chi connectivity index (χ4n) is 1.63. The zero-order valence-corrected chi connectivity index (χ0v) is 12.9. The van der Waals surface area contributed by atoms with Crippen molar-refractivity contribution in [2.24, 2.45) is 0 Å². The minimum Gasteiger partial charge on any atom is -0.340 e. The van der Waals surface area contributed by atoms with Gasteiger partial charge in [-0.05, 0) is 36.5 Å². The Labute approximate surface area is 117 Å². The highest BCUT2D eigenvalue weighted by Gasteiger charge is 2.12. The summed E-state index contributed by atoms with van der Waals surface area (Å²) in [6.45, 7) is 10.6. The first-order valence-electron chi connectivity index (χ1n) is 6.77. The van der Waals surface area contributed by atoms with Crippen LogP contribution < -0.4 is 0 Å². The van der Waals surface area contributed by atoms with E-state index in [1.54, 1.807) is 11.0 Å². The summed E-state index contributed by atoms with van der Waals surface area (Å²) in [6, 6.07) is 8.58. The maximum Gasteiger partial charge on any atom is 0.246 e. The zero-order valence-electron chi connectivity index (χ0n) is 12.9. The highest BCUT2D eigenvalue weighted by molar-refractivity contribution is 5.91. The van der Waals surface area contributed by atoms with E-state index >= 15 is 0 Å². The number of carbonyl (C=O) groups is 1. The van der Waals surface area contributed by atoms with Gasteiger partial charge in [0.05, 0.1) is 0 Å². The molecule has 0 unspecified atom stereocenters. The highest BCUT2D eigenvalue weighted by atomic mass is 16.2. The maximum atomic E-state index is 11.8. The van der Waals surface area contributed by atoms with E-state index in [-0.39, 0.29) is 17.4 Å². The highest BCUT2D eigenvalue weighted by Crippen LogP contribution is 2.22. The molecule has 0 radical (unpaired) electrons. The average molecular weight is 259 g/mol. The average Bonchev–Trinajstić information content (AvgIpc) is 2.34. The van der Waals surface area contributed by atoms with Gasteiger partial charge in [-0.25, -0.2) is 0 Å². The molecule has 2 nitrogen and oxygen atoms in total. The lowest BCUT2D eigenvalue weighted by molar-refractivity contribution is -0.126. The van der Waals surface area contributed by atoms with Crippen molar-refractivity contribution in [3.63, 3.8) is 0 Å². The summed E-state index contributed by atoms with van der Waals surface area (Å²) in [5.74, 6) is 0.0369. The Morgan fingerprint density at radius 1 is 1.16 bits per heavy atom. The molecule has 0 bridgehead atoms. The lowest BCUT2D eigenvalue weighted by Gasteiger charge is -2.19. The van der Waals surface area contributed by atoms with E-state index in [1.165, 1.54) is 5.56 Å². The summed E-state index contributed by atoms with van der Waals surface area (Å²) in [5.41, 5.74) is 2.52. The van der Waals surface area contributed by atoms with Crippen molar-refractivity contribution >= 4 is 12.0 Å². The Balaban J connectivity index is 2.76. The predicted octanol–water partition coefficient (Wildman–Crippen LogP) is 3.86. The normalized spacial score (nSPS) is 12.2. The summed E-state index contributed by atoms with van der Waals surface area (Å²) < 4.78 is 0. The molecular weight excluding hydrogens is 234 g/mol. The van der Waals surface area contributed by atoms with E-state index in [4.69, 9.17) is 0 Å². The van der Waals surface area contributed by atoms with Gasteiger partial charge in [0.2, 0.25) is 5.91 Å². The van der Waals surface area contributed by atoms with Gasteiger partial charge >= 0.3 is 0 Å². The molecule has 1 rings (SSSR count). The number of hydrogen-bond donors (Lipinski definition) is 0. The van der Waals surface area contributed by atoms with Gasteiger partial charge in [0.25, 0.3) is 0 Å². The van der Waals surface area contributed by atoms with Gasteiger partial charge in [-0.3, -0.25) is 4.79 Å². The van der Waals surface area contributed by atoms with Crippen LogP contribution in [0.1, 0.15) is 45.7 Å². The maximum absolute atomic E-state index is 11.8. The Morgan fingerprint density at radius 3 is 2.11 bits per heavy atom. The van der Waals surface area contributed by atoms with Gasteiger partial charge in [0, 0.05) is 19.2 Å². The second-order valence-corrected chi connectivity index (χ2v) is 6.25. The molecule has 0 heterocycles. The first kappa shape index (κ1) is 15.5. The monoisotopic (exact) mass is 259 g/mol. The van der Waals surface area contributed by atoms with Crippen LogP contribution in [0.4, 0.5) is 0 Å². The number of hydrogen-bond acceptors (Lipinski definition) is 1. The Hall–Kier alpha value is -1.57. The third-order valence-electron chi connectivity index (χ3n) is 3.32. The molecular formula is C17H25NO. The van der Waals surface area contributed by atoms with E-state index in [2.05, 4.69) is 45.0 Å². The fraction of sp³-hybridized carbons (Fsp3) is 0.471. The number of benzene rings is 1. The van der Waals surface area contributed by atoms with Crippen molar-refractivity contribution in [2.45, 2.75) is 46.1 Å².